The second-order valence-electron chi connectivity index (χ2n) is 5.48. The number of hydrogen-bond donors (Lipinski definition) is 1. The van der Waals surface area contributed by atoms with Crippen molar-refractivity contribution in [3.8, 4) is 0 Å². The molecule has 1 aliphatic rings. The van der Waals surface area contributed by atoms with E-state index in [9.17, 15) is 0 Å². The third kappa shape index (κ3) is 3.81. The molecule has 1 aromatic rings. The van der Waals surface area contributed by atoms with Gasteiger partial charge in [0.1, 0.15) is 5.76 Å². The lowest BCUT2D eigenvalue weighted by atomic mass is 10.0. The molecule has 1 aliphatic heterocycles. The highest BCUT2D eigenvalue weighted by molar-refractivity contribution is 5.16. The summed E-state index contributed by atoms with van der Waals surface area (Å²) in [6, 6.07) is 2.76. The van der Waals surface area contributed by atoms with Gasteiger partial charge in [0, 0.05) is 18.2 Å². The highest BCUT2D eigenvalue weighted by atomic mass is 16.3. The fourth-order valence-corrected chi connectivity index (χ4v) is 2.89. The minimum atomic E-state index is 0.690. The largest absolute Gasteiger partial charge is 0.468 e. The van der Waals surface area contributed by atoms with Crippen LogP contribution in [0, 0.1) is 0 Å². The van der Waals surface area contributed by atoms with E-state index in [2.05, 4.69) is 35.2 Å². The lowest BCUT2D eigenvalue weighted by Crippen LogP contribution is -2.42. The zero-order valence-corrected chi connectivity index (χ0v) is 12.5. The summed E-state index contributed by atoms with van der Waals surface area (Å²) in [7, 11) is 4.19. The number of likely N-dealkylation sites (tertiary alicyclic amines) is 1. The van der Waals surface area contributed by atoms with Gasteiger partial charge in [-0.25, -0.2) is 0 Å². The predicted molar refractivity (Wildman–Crippen MR) is 78.1 cm³/mol. The van der Waals surface area contributed by atoms with Gasteiger partial charge in [0.15, 0.2) is 0 Å². The van der Waals surface area contributed by atoms with Gasteiger partial charge in [0.05, 0.1) is 12.8 Å². The normalized spacial score (nSPS) is 18.3. The van der Waals surface area contributed by atoms with Crippen molar-refractivity contribution < 1.29 is 4.42 Å². The van der Waals surface area contributed by atoms with Crippen molar-refractivity contribution in [2.75, 3.05) is 33.7 Å². The Balaban J connectivity index is 1.87. The van der Waals surface area contributed by atoms with Crippen LogP contribution in [0.2, 0.25) is 0 Å². The number of rotatable bonds is 6. The molecule has 0 aliphatic carbocycles. The molecule has 1 saturated heterocycles. The Morgan fingerprint density at radius 1 is 1.42 bits per heavy atom. The summed E-state index contributed by atoms with van der Waals surface area (Å²) in [6.07, 6.45) is 4.34. The highest BCUT2D eigenvalue weighted by Crippen LogP contribution is 2.19. The fourth-order valence-electron chi connectivity index (χ4n) is 2.89. The van der Waals surface area contributed by atoms with Gasteiger partial charge in [-0.05, 0) is 52.6 Å². The molecule has 1 N–H and O–H groups in total. The average Bonchev–Trinajstić information content (AvgIpc) is 2.86. The zero-order valence-electron chi connectivity index (χ0n) is 12.5. The first-order chi connectivity index (χ1) is 9.24. The molecular weight excluding hydrogens is 238 g/mol. The monoisotopic (exact) mass is 265 g/mol. The van der Waals surface area contributed by atoms with Crippen LogP contribution in [0.1, 0.15) is 31.1 Å². The van der Waals surface area contributed by atoms with E-state index in [1.807, 2.05) is 7.05 Å². The second-order valence-corrected chi connectivity index (χ2v) is 5.48. The highest BCUT2D eigenvalue weighted by Gasteiger charge is 2.22. The van der Waals surface area contributed by atoms with E-state index >= 15 is 0 Å². The van der Waals surface area contributed by atoms with E-state index in [0.717, 1.165) is 18.8 Å². The molecule has 2 rings (SSSR count). The first kappa shape index (κ1) is 14.6. The lowest BCUT2D eigenvalue weighted by molar-refractivity contribution is 0.121. The van der Waals surface area contributed by atoms with Crippen molar-refractivity contribution in [2.24, 2.45) is 0 Å². The van der Waals surface area contributed by atoms with Crippen LogP contribution in [0.4, 0.5) is 0 Å². The third-order valence-corrected chi connectivity index (χ3v) is 4.23. The minimum Gasteiger partial charge on any atom is -0.468 e. The van der Waals surface area contributed by atoms with Gasteiger partial charge >= 0.3 is 0 Å². The Morgan fingerprint density at radius 2 is 2.16 bits per heavy atom. The molecule has 1 aromatic heterocycles. The van der Waals surface area contributed by atoms with Crippen LogP contribution in [-0.4, -0.2) is 49.6 Å². The Hall–Kier alpha value is -0.840. The van der Waals surface area contributed by atoms with E-state index in [-0.39, 0.29) is 0 Å². The van der Waals surface area contributed by atoms with Gasteiger partial charge < -0.3 is 14.6 Å². The number of hydrogen-bond acceptors (Lipinski definition) is 4. The zero-order chi connectivity index (χ0) is 13.7. The van der Waals surface area contributed by atoms with Crippen LogP contribution in [-0.2, 0) is 13.1 Å². The maximum Gasteiger partial charge on any atom is 0.122 e. The maximum absolute atomic E-state index is 5.63. The molecule has 4 heteroatoms. The summed E-state index contributed by atoms with van der Waals surface area (Å²) in [4.78, 5) is 4.98. The van der Waals surface area contributed by atoms with Gasteiger partial charge in [0.25, 0.3) is 0 Å². The van der Waals surface area contributed by atoms with E-state index in [0.29, 0.717) is 6.04 Å². The number of piperidine rings is 1. The summed E-state index contributed by atoms with van der Waals surface area (Å²) >= 11 is 0. The predicted octanol–water partition coefficient (Wildman–Crippen LogP) is 1.92. The summed E-state index contributed by atoms with van der Waals surface area (Å²) in [5.41, 5.74) is 1.28. The summed E-state index contributed by atoms with van der Waals surface area (Å²) < 4.78 is 5.63. The summed E-state index contributed by atoms with van der Waals surface area (Å²) in [5.74, 6) is 1.11. The van der Waals surface area contributed by atoms with Crippen LogP contribution in [0.15, 0.2) is 16.7 Å². The van der Waals surface area contributed by atoms with Gasteiger partial charge in [-0.1, -0.05) is 6.92 Å². The Morgan fingerprint density at radius 3 is 2.79 bits per heavy atom. The second kappa shape index (κ2) is 7.08. The molecule has 0 spiro atoms. The first-order valence-corrected chi connectivity index (χ1v) is 7.37. The van der Waals surface area contributed by atoms with Gasteiger partial charge in [-0.3, -0.25) is 4.90 Å². The number of furan rings is 1. The Kier molecular flexibility index (Phi) is 5.43. The van der Waals surface area contributed by atoms with Gasteiger partial charge in [0.2, 0.25) is 0 Å². The smallest absolute Gasteiger partial charge is 0.122 e. The van der Waals surface area contributed by atoms with Crippen LogP contribution in [0.3, 0.4) is 0 Å². The molecule has 0 saturated carbocycles. The molecule has 19 heavy (non-hydrogen) atoms. The van der Waals surface area contributed by atoms with Crippen LogP contribution < -0.4 is 5.32 Å². The quantitative estimate of drug-likeness (QED) is 0.851. The van der Waals surface area contributed by atoms with Crippen LogP contribution >= 0.6 is 0 Å². The van der Waals surface area contributed by atoms with E-state index < -0.39 is 0 Å². The topological polar surface area (TPSA) is 31.6 Å². The molecule has 0 amide bonds. The van der Waals surface area contributed by atoms with Gasteiger partial charge in [-0.15, -0.1) is 0 Å². The molecule has 2 heterocycles. The van der Waals surface area contributed by atoms with Crippen molar-refractivity contribution >= 4 is 0 Å². The standard InChI is InChI=1S/C15H27N3O/c1-4-18-8-5-14(6-9-18)17(3)12-15-13(11-16-2)7-10-19-15/h7,10,14,16H,4-6,8-9,11-12H2,1-3H3. The SMILES string of the molecule is CCN1CCC(N(C)Cc2occc2CNC)CC1. The van der Waals surface area contributed by atoms with E-state index in [1.165, 1.54) is 38.0 Å². The Bertz CT molecular complexity index is 369. The van der Waals surface area contributed by atoms with Crippen molar-refractivity contribution in [3.63, 3.8) is 0 Å². The number of nitrogens with one attached hydrogen (secondary N) is 1. The molecule has 0 bridgehead atoms. The van der Waals surface area contributed by atoms with Crippen LogP contribution in [0.25, 0.3) is 0 Å². The molecule has 0 radical (unpaired) electrons. The fraction of sp³-hybridized carbons (Fsp3) is 0.733. The van der Waals surface area contributed by atoms with Crippen molar-refractivity contribution in [3.05, 3.63) is 23.7 Å². The summed E-state index contributed by atoms with van der Waals surface area (Å²) in [6.45, 7) is 7.69. The lowest BCUT2D eigenvalue weighted by Gasteiger charge is -2.36. The maximum atomic E-state index is 5.63. The Labute approximate surface area is 116 Å². The van der Waals surface area contributed by atoms with Crippen molar-refractivity contribution in [1.29, 1.82) is 0 Å². The first-order valence-electron chi connectivity index (χ1n) is 7.37. The molecule has 4 nitrogen and oxygen atoms in total. The van der Waals surface area contributed by atoms with E-state index in [1.54, 1.807) is 6.26 Å². The van der Waals surface area contributed by atoms with Crippen LogP contribution in [0.5, 0.6) is 0 Å². The molecule has 108 valence electrons. The molecule has 1 fully saturated rings. The molecule has 0 atom stereocenters. The van der Waals surface area contributed by atoms with Gasteiger partial charge in [-0.2, -0.15) is 0 Å². The number of nitrogens with zero attached hydrogens (tertiary/aromatic N) is 2. The van der Waals surface area contributed by atoms with Crippen molar-refractivity contribution in [1.82, 2.24) is 15.1 Å². The van der Waals surface area contributed by atoms with E-state index in [4.69, 9.17) is 4.42 Å². The van der Waals surface area contributed by atoms with Crippen molar-refractivity contribution in [2.45, 2.75) is 38.9 Å². The average molecular weight is 265 g/mol. The molecule has 0 unspecified atom stereocenters. The third-order valence-electron chi connectivity index (χ3n) is 4.23. The summed E-state index contributed by atoms with van der Waals surface area (Å²) in [5, 5.41) is 3.19. The molecular formula is C15H27N3O. The molecule has 0 aromatic carbocycles. The minimum absolute atomic E-state index is 0.690.